The first kappa shape index (κ1) is 20.2. The number of amides is 2. The molecule has 2 atom stereocenters. The molecule has 144 valence electrons. The molecule has 3 rings (SSSR count). The summed E-state index contributed by atoms with van der Waals surface area (Å²) >= 11 is 9.21. The van der Waals surface area contributed by atoms with Gasteiger partial charge in [0.25, 0.3) is 5.91 Å². The van der Waals surface area contributed by atoms with Gasteiger partial charge in [-0.15, -0.1) is 23.1 Å². The van der Waals surface area contributed by atoms with Gasteiger partial charge in [0.2, 0.25) is 5.91 Å². The molecule has 0 saturated carbocycles. The van der Waals surface area contributed by atoms with Crippen LogP contribution < -0.4 is 5.32 Å². The second kappa shape index (κ2) is 9.62. The van der Waals surface area contributed by atoms with Crippen molar-refractivity contribution in [2.45, 2.75) is 37.6 Å². The Morgan fingerprint density at radius 2 is 2.00 bits per heavy atom. The van der Waals surface area contributed by atoms with E-state index >= 15 is 0 Å². The number of halogens is 1. The van der Waals surface area contributed by atoms with Crippen LogP contribution in [0.5, 0.6) is 0 Å². The molecule has 1 aromatic heterocycles. The van der Waals surface area contributed by atoms with Crippen LogP contribution in [0.25, 0.3) is 0 Å². The molecule has 0 spiro atoms. The number of thiophene rings is 1. The largest absolute Gasteiger partial charge is 0.354 e. The van der Waals surface area contributed by atoms with Gasteiger partial charge in [0.05, 0.1) is 0 Å². The molecule has 1 fully saturated rings. The van der Waals surface area contributed by atoms with Crippen molar-refractivity contribution in [3.8, 4) is 0 Å². The van der Waals surface area contributed by atoms with E-state index in [-0.39, 0.29) is 17.2 Å². The van der Waals surface area contributed by atoms with Gasteiger partial charge in [0.1, 0.15) is 11.4 Å². The molecule has 2 amide bonds. The number of nitrogens with zero attached hydrogens (tertiary/aromatic N) is 1. The molecule has 1 saturated heterocycles. The average molecular weight is 423 g/mol. The summed E-state index contributed by atoms with van der Waals surface area (Å²) in [5.41, 5.74) is 0.548. The quantitative estimate of drug-likeness (QED) is 0.641. The number of hydrogen-bond acceptors (Lipinski definition) is 4. The molecule has 0 bridgehead atoms. The predicted molar refractivity (Wildman–Crippen MR) is 113 cm³/mol. The smallest absolute Gasteiger partial charge is 0.255 e. The molecule has 1 aromatic carbocycles. The number of thioether (sulfide) groups is 1. The Morgan fingerprint density at radius 3 is 2.67 bits per heavy atom. The summed E-state index contributed by atoms with van der Waals surface area (Å²) in [6.45, 7) is 2.79. The zero-order valence-electron chi connectivity index (χ0n) is 15.2. The van der Waals surface area contributed by atoms with Crippen molar-refractivity contribution in [2.24, 2.45) is 0 Å². The van der Waals surface area contributed by atoms with Gasteiger partial charge in [0.15, 0.2) is 0 Å². The van der Waals surface area contributed by atoms with Crippen molar-refractivity contribution in [3.05, 3.63) is 57.2 Å². The molecule has 2 aromatic rings. The van der Waals surface area contributed by atoms with Gasteiger partial charge in [-0.25, -0.2) is 0 Å². The van der Waals surface area contributed by atoms with Gasteiger partial charge >= 0.3 is 0 Å². The summed E-state index contributed by atoms with van der Waals surface area (Å²) < 4.78 is 0. The zero-order chi connectivity index (χ0) is 19.2. The Hall–Kier alpha value is -1.50. The topological polar surface area (TPSA) is 49.4 Å². The molecule has 4 nitrogen and oxygen atoms in total. The summed E-state index contributed by atoms with van der Waals surface area (Å²) in [5, 5.41) is 5.45. The Labute approximate surface area is 173 Å². The second-order valence-electron chi connectivity index (χ2n) is 6.43. The van der Waals surface area contributed by atoms with E-state index < -0.39 is 6.04 Å². The fraction of sp³-hybridized carbons (Fsp3) is 0.400. The molecular weight excluding hydrogens is 400 g/mol. The van der Waals surface area contributed by atoms with Gasteiger partial charge in [0, 0.05) is 27.8 Å². The lowest BCUT2D eigenvalue weighted by atomic mass is 10.1. The summed E-state index contributed by atoms with van der Waals surface area (Å²) in [6, 6.07) is 10.4. The maximum atomic E-state index is 13.2. The molecule has 1 aliphatic heterocycles. The highest BCUT2D eigenvalue weighted by Crippen LogP contribution is 2.43. The first-order valence-corrected chi connectivity index (χ1v) is 11.4. The van der Waals surface area contributed by atoms with E-state index in [9.17, 15) is 9.59 Å². The van der Waals surface area contributed by atoms with Crippen LogP contribution in [0.4, 0.5) is 0 Å². The van der Waals surface area contributed by atoms with E-state index in [0.717, 1.165) is 24.1 Å². The molecule has 2 heterocycles. The molecule has 1 aliphatic rings. The summed E-state index contributed by atoms with van der Waals surface area (Å²) in [7, 11) is 0. The third-order valence-electron chi connectivity index (χ3n) is 4.49. The van der Waals surface area contributed by atoms with Crippen LogP contribution in [-0.2, 0) is 4.79 Å². The minimum absolute atomic E-state index is 0.0695. The number of carbonyl (C=O) groups is 2. The highest BCUT2D eigenvalue weighted by molar-refractivity contribution is 7.99. The van der Waals surface area contributed by atoms with Crippen LogP contribution in [0.1, 0.15) is 46.8 Å². The van der Waals surface area contributed by atoms with Crippen molar-refractivity contribution in [1.29, 1.82) is 0 Å². The average Bonchev–Trinajstić information content (AvgIpc) is 3.34. The van der Waals surface area contributed by atoms with E-state index in [1.54, 1.807) is 52.3 Å². The van der Waals surface area contributed by atoms with E-state index in [4.69, 9.17) is 11.6 Å². The zero-order valence-corrected chi connectivity index (χ0v) is 17.6. The summed E-state index contributed by atoms with van der Waals surface area (Å²) in [4.78, 5) is 28.9. The van der Waals surface area contributed by atoms with Crippen molar-refractivity contribution >= 4 is 46.5 Å². The Bertz CT molecular complexity index is 765. The lowest BCUT2D eigenvalue weighted by Crippen LogP contribution is -2.48. The Morgan fingerprint density at radius 1 is 1.22 bits per heavy atom. The van der Waals surface area contributed by atoms with Crippen LogP contribution in [0.3, 0.4) is 0 Å². The third-order valence-corrected chi connectivity index (χ3v) is 7.13. The van der Waals surface area contributed by atoms with Gasteiger partial charge in [-0.3, -0.25) is 9.59 Å². The van der Waals surface area contributed by atoms with Gasteiger partial charge in [-0.05, 0) is 42.1 Å². The SMILES string of the molecule is CCCCCNC(=O)C1CSC(c2cccs2)N1C(=O)c1ccc(Cl)cc1. The first-order chi connectivity index (χ1) is 13.1. The van der Waals surface area contributed by atoms with Crippen LogP contribution in [-0.4, -0.2) is 35.1 Å². The van der Waals surface area contributed by atoms with Crippen molar-refractivity contribution in [3.63, 3.8) is 0 Å². The van der Waals surface area contributed by atoms with Crippen LogP contribution in [0.15, 0.2) is 41.8 Å². The minimum Gasteiger partial charge on any atom is -0.354 e. The monoisotopic (exact) mass is 422 g/mol. The third kappa shape index (κ3) is 4.86. The molecule has 2 unspecified atom stereocenters. The van der Waals surface area contributed by atoms with Gasteiger partial charge in [-0.1, -0.05) is 37.4 Å². The normalized spacial score (nSPS) is 19.3. The highest BCUT2D eigenvalue weighted by atomic mass is 35.5. The standard InChI is InChI=1S/C20H23ClN2O2S2/c1-2-3-4-11-22-18(24)16-13-27-20(17-6-5-12-26-17)23(16)19(25)14-7-9-15(21)10-8-14/h5-10,12,16,20H,2-4,11,13H2,1H3,(H,22,24). The molecular formula is C20H23ClN2O2S2. The fourth-order valence-corrected chi connectivity index (χ4v) is 5.57. The molecule has 0 radical (unpaired) electrons. The lowest BCUT2D eigenvalue weighted by molar-refractivity contribution is -0.124. The number of rotatable bonds is 7. The van der Waals surface area contributed by atoms with Crippen molar-refractivity contribution in [1.82, 2.24) is 10.2 Å². The van der Waals surface area contributed by atoms with E-state index in [1.807, 2.05) is 17.5 Å². The van der Waals surface area contributed by atoms with Crippen LogP contribution >= 0.6 is 34.7 Å². The number of benzene rings is 1. The van der Waals surface area contributed by atoms with Crippen LogP contribution in [0, 0.1) is 0 Å². The number of unbranched alkanes of at least 4 members (excludes halogenated alkanes) is 2. The summed E-state index contributed by atoms with van der Waals surface area (Å²) in [6.07, 6.45) is 3.16. The first-order valence-electron chi connectivity index (χ1n) is 9.12. The summed E-state index contributed by atoms with van der Waals surface area (Å²) in [5.74, 6) is 0.394. The highest BCUT2D eigenvalue weighted by Gasteiger charge is 2.42. The Balaban J connectivity index is 1.80. The lowest BCUT2D eigenvalue weighted by Gasteiger charge is -2.28. The van der Waals surface area contributed by atoms with Crippen molar-refractivity contribution in [2.75, 3.05) is 12.3 Å². The maximum Gasteiger partial charge on any atom is 0.255 e. The van der Waals surface area contributed by atoms with E-state index in [1.165, 1.54) is 0 Å². The second-order valence-corrected chi connectivity index (χ2v) is 8.96. The predicted octanol–water partition coefficient (Wildman–Crippen LogP) is 4.96. The van der Waals surface area contributed by atoms with E-state index in [2.05, 4.69) is 12.2 Å². The molecule has 1 N–H and O–H groups in total. The Kier molecular flexibility index (Phi) is 7.21. The van der Waals surface area contributed by atoms with Crippen molar-refractivity contribution < 1.29 is 9.59 Å². The van der Waals surface area contributed by atoms with Gasteiger partial charge < -0.3 is 10.2 Å². The molecule has 0 aliphatic carbocycles. The fourth-order valence-electron chi connectivity index (χ4n) is 3.05. The minimum atomic E-state index is -0.466. The van der Waals surface area contributed by atoms with Crippen LogP contribution in [0.2, 0.25) is 5.02 Å². The maximum absolute atomic E-state index is 13.2. The van der Waals surface area contributed by atoms with Gasteiger partial charge in [-0.2, -0.15) is 0 Å². The van der Waals surface area contributed by atoms with E-state index in [0.29, 0.717) is 22.9 Å². The molecule has 7 heteroatoms. The number of hydrogen-bond donors (Lipinski definition) is 1. The number of nitrogens with one attached hydrogen (secondary N) is 1. The molecule has 27 heavy (non-hydrogen) atoms. The number of carbonyl (C=O) groups excluding carboxylic acids is 2.